The molecule has 0 aliphatic carbocycles. The second-order valence-corrected chi connectivity index (χ2v) is 0. The Morgan fingerprint density at radius 1 is 0.500 bits per heavy atom. The SMILES string of the molecule is [Au+3].[F-].[F-].[F-].[F-].[Li+]. The summed E-state index contributed by atoms with van der Waals surface area (Å²) in [6, 6.07) is 0. The molecule has 0 N–H and O–H groups in total. The number of rotatable bonds is 0. The van der Waals surface area contributed by atoms with E-state index in [2.05, 4.69) is 0 Å². The molecule has 0 nitrogen and oxygen atoms in total. The molecule has 0 aromatic rings. The van der Waals surface area contributed by atoms with Crippen molar-refractivity contribution >= 4 is 0 Å². The molecule has 0 amide bonds. The molecule has 0 saturated heterocycles. The minimum atomic E-state index is 0. The molecule has 0 aliphatic heterocycles. The Balaban J connectivity index is 0. The van der Waals surface area contributed by atoms with Gasteiger partial charge in [-0.2, -0.15) is 0 Å². The van der Waals surface area contributed by atoms with Crippen LogP contribution in [0.25, 0.3) is 0 Å². The van der Waals surface area contributed by atoms with Crippen LogP contribution in [0.3, 0.4) is 0 Å². The summed E-state index contributed by atoms with van der Waals surface area (Å²) in [6.45, 7) is 0. The minimum Gasteiger partial charge on any atom is -1.00 e. The van der Waals surface area contributed by atoms with Crippen LogP contribution in [-0.2, 0) is 22.4 Å². The van der Waals surface area contributed by atoms with Gasteiger partial charge in [0.1, 0.15) is 0 Å². The summed E-state index contributed by atoms with van der Waals surface area (Å²) in [4.78, 5) is 0. The quantitative estimate of drug-likeness (QED) is 0.305. The van der Waals surface area contributed by atoms with E-state index in [4.69, 9.17) is 0 Å². The summed E-state index contributed by atoms with van der Waals surface area (Å²) in [7, 11) is 0. The third-order valence-corrected chi connectivity index (χ3v) is 0. The van der Waals surface area contributed by atoms with Crippen molar-refractivity contribution in [1.82, 2.24) is 0 Å². The van der Waals surface area contributed by atoms with E-state index in [0.717, 1.165) is 0 Å². The second kappa shape index (κ2) is 139. The van der Waals surface area contributed by atoms with Crippen molar-refractivity contribution in [2.24, 2.45) is 0 Å². The van der Waals surface area contributed by atoms with Gasteiger partial charge in [0, 0.05) is 0 Å². The predicted octanol–water partition coefficient (Wildman–Crippen LogP) is -15.0. The molecule has 0 aliphatic rings. The number of hydrogen-bond acceptors (Lipinski definition) is 0. The second-order valence-electron chi connectivity index (χ2n) is 0. The molecule has 6 heteroatoms. The summed E-state index contributed by atoms with van der Waals surface area (Å²) in [5.74, 6) is 0. The van der Waals surface area contributed by atoms with Crippen LogP contribution in [0.1, 0.15) is 0 Å². The van der Waals surface area contributed by atoms with E-state index in [1.54, 1.807) is 0 Å². The van der Waals surface area contributed by atoms with Crippen LogP contribution in [0.15, 0.2) is 0 Å². The van der Waals surface area contributed by atoms with Crippen molar-refractivity contribution in [3.8, 4) is 0 Å². The van der Waals surface area contributed by atoms with Gasteiger partial charge in [-0.05, 0) is 0 Å². The zero-order valence-corrected chi connectivity index (χ0v) is 4.98. The fourth-order valence-corrected chi connectivity index (χ4v) is 0. The van der Waals surface area contributed by atoms with Crippen molar-refractivity contribution in [3.63, 3.8) is 0 Å². The average Bonchev–Trinajstić information content (AvgIpc) is 0. The van der Waals surface area contributed by atoms with Crippen LogP contribution in [0.5, 0.6) is 0 Å². The van der Waals surface area contributed by atoms with E-state index < -0.39 is 0 Å². The zero-order valence-electron chi connectivity index (χ0n) is 2.81. The van der Waals surface area contributed by atoms with Gasteiger partial charge in [-0.25, -0.2) is 0 Å². The average molecular weight is 280 g/mol. The fraction of sp³-hybridized carbons (Fsp3) is 0. The first kappa shape index (κ1) is 232. The van der Waals surface area contributed by atoms with Crippen LogP contribution in [0, 0.1) is 0 Å². The third-order valence-electron chi connectivity index (χ3n) is 0. The molecule has 0 spiro atoms. The van der Waals surface area contributed by atoms with Gasteiger partial charge in [0.15, 0.2) is 0 Å². The molecule has 0 atom stereocenters. The minimum absolute atomic E-state index is 0. The van der Waals surface area contributed by atoms with Gasteiger partial charge in [-0.15, -0.1) is 0 Å². The van der Waals surface area contributed by atoms with Gasteiger partial charge in [0.2, 0.25) is 0 Å². The van der Waals surface area contributed by atoms with E-state index in [-0.39, 0.29) is 60.1 Å². The van der Waals surface area contributed by atoms with Gasteiger partial charge in [0.05, 0.1) is 0 Å². The summed E-state index contributed by atoms with van der Waals surface area (Å²) < 4.78 is 0. The Kier molecular flexibility index (Phi) is 5340. The van der Waals surface area contributed by atoms with Gasteiger partial charge in [-0.1, -0.05) is 0 Å². The standard InChI is InChI=1S/Au.4FH.Li/h;4*1H;/q+3;;;;;+1/p-4. The van der Waals surface area contributed by atoms with Gasteiger partial charge in [-0.3, -0.25) is 0 Å². The van der Waals surface area contributed by atoms with Crippen molar-refractivity contribution in [2.75, 3.05) is 0 Å². The molecular formula is AuF4Li. The maximum atomic E-state index is 0. The molecule has 0 aromatic carbocycles. The van der Waals surface area contributed by atoms with Gasteiger partial charge < -0.3 is 18.8 Å². The molecule has 6 heavy (non-hydrogen) atoms. The molecule has 40 valence electrons. The molecular weight excluding hydrogens is 280 g/mol. The fourth-order valence-electron chi connectivity index (χ4n) is 0. The Bertz CT molecular complexity index is 7.51. The van der Waals surface area contributed by atoms with Gasteiger partial charge in [0.25, 0.3) is 0 Å². The normalized spacial score (nSPS) is 0. The Labute approximate surface area is 60.2 Å². The Hall–Kier alpha value is 1.06. The summed E-state index contributed by atoms with van der Waals surface area (Å²) in [6.07, 6.45) is 0. The van der Waals surface area contributed by atoms with E-state index in [1.807, 2.05) is 0 Å². The van der Waals surface area contributed by atoms with Crippen molar-refractivity contribution < 1.29 is 60.1 Å². The predicted molar refractivity (Wildman–Crippen MR) is 0 cm³/mol. The largest absolute Gasteiger partial charge is 3.00 e. The smallest absolute Gasteiger partial charge is 1.00 e. The van der Waals surface area contributed by atoms with Crippen LogP contribution in [0.2, 0.25) is 0 Å². The van der Waals surface area contributed by atoms with Crippen molar-refractivity contribution in [1.29, 1.82) is 0 Å². The molecule has 0 saturated carbocycles. The van der Waals surface area contributed by atoms with Gasteiger partial charge >= 0.3 is 41.2 Å². The topological polar surface area (TPSA) is 0 Å². The van der Waals surface area contributed by atoms with Crippen LogP contribution < -0.4 is 37.7 Å². The molecule has 0 aromatic heterocycles. The van der Waals surface area contributed by atoms with E-state index in [9.17, 15) is 0 Å². The van der Waals surface area contributed by atoms with E-state index in [1.165, 1.54) is 0 Å². The third kappa shape index (κ3) is 74.4. The first-order chi connectivity index (χ1) is 0. The molecule has 0 heterocycles. The number of halogens is 4. The van der Waals surface area contributed by atoms with Crippen LogP contribution in [0.4, 0.5) is 0 Å². The van der Waals surface area contributed by atoms with Crippen LogP contribution >= 0.6 is 0 Å². The molecule has 0 bridgehead atoms. The molecule has 0 rings (SSSR count). The molecule has 0 fully saturated rings. The van der Waals surface area contributed by atoms with Crippen molar-refractivity contribution in [3.05, 3.63) is 0 Å². The molecule has 0 unspecified atom stereocenters. The van der Waals surface area contributed by atoms with Crippen LogP contribution in [-0.4, -0.2) is 0 Å². The maximum Gasteiger partial charge on any atom is 3.00 e. The first-order valence-electron chi connectivity index (χ1n) is 0. The summed E-state index contributed by atoms with van der Waals surface area (Å²) in [5, 5.41) is 0. The maximum absolute atomic E-state index is 0. The monoisotopic (exact) mass is 280 g/mol. The van der Waals surface area contributed by atoms with E-state index >= 15 is 0 Å². The van der Waals surface area contributed by atoms with Crippen molar-refractivity contribution in [2.45, 2.75) is 0 Å². The zero-order chi connectivity index (χ0) is 0. The Morgan fingerprint density at radius 3 is 0.500 bits per heavy atom. The van der Waals surface area contributed by atoms with E-state index in [0.29, 0.717) is 0 Å². The number of hydrogen-bond donors (Lipinski definition) is 0. The molecule has 0 radical (unpaired) electrons. The Morgan fingerprint density at radius 2 is 0.500 bits per heavy atom. The first-order valence-corrected chi connectivity index (χ1v) is 0. The summed E-state index contributed by atoms with van der Waals surface area (Å²) >= 11 is 0. The summed E-state index contributed by atoms with van der Waals surface area (Å²) in [5.41, 5.74) is 0.